The summed E-state index contributed by atoms with van der Waals surface area (Å²) >= 11 is 0. The fourth-order valence-electron chi connectivity index (χ4n) is 4.99. The maximum absolute atomic E-state index is 13.1. The van der Waals surface area contributed by atoms with Crippen molar-refractivity contribution in [2.75, 3.05) is 19.6 Å². The quantitative estimate of drug-likeness (QED) is 0.750. The van der Waals surface area contributed by atoms with Crippen LogP contribution in [0.15, 0.2) is 36.4 Å². The summed E-state index contributed by atoms with van der Waals surface area (Å²) in [5.74, 6) is 0.779. The Bertz CT molecular complexity index is 970. The molecular formula is C24H29N3O4. The molecule has 1 aromatic heterocycles. The molecule has 3 atom stereocenters. The summed E-state index contributed by atoms with van der Waals surface area (Å²) in [6.45, 7) is 9.45. The van der Waals surface area contributed by atoms with Crippen LogP contribution in [0.3, 0.4) is 0 Å². The molecule has 0 saturated carbocycles. The first-order valence-electron chi connectivity index (χ1n) is 10.4. The molecule has 31 heavy (non-hydrogen) atoms. The van der Waals surface area contributed by atoms with Gasteiger partial charge in [-0.2, -0.15) is 0 Å². The van der Waals surface area contributed by atoms with E-state index in [1.165, 1.54) is 11.1 Å². The molecule has 0 unspecified atom stereocenters. The number of rotatable bonds is 2. The van der Waals surface area contributed by atoms with Crippen LogP contribution in [0.4, 0.5) is 0 Å². The van der Waals surface area contributed by atoms with Crippen LogP contribution >= 0.6 is 0 Å². The van der Waals surface area contributed by atoms with Crippen LogP contribution < -0.4 is 0 Å². The Kier molecular flexibility index (Phi) is 6.73. The van der Waals surface area contributed by atoms with Crippen LogP contribution in [0.2, 0.25) is 0 Å². The van der Waals surface area contributed by atoms with Crippen LogP contribution in [-0.4, -0.2) is 57.8 Å². The van der Waals surface area contributed by atoms with E-state index in [-0.39, 0.29) is 30.2 Å². The minimum absolute atomic E-state index is 0.0439. The van der Waals surface area contributed by atoms with Gasteiger partial charge in [-0.15, -0.1) is 0 Å². The summed E-state index contributed by atoms with van der Waals surface area (Å²) < 4.78 is 0. The summed E-state index contributed by atoms with van der Waals surface area (Å²) in [7, 11) is 0. The number of amides is 2. The molecule has 1 N–H and O–H groups in total. The van der Waals surface area contributed by atoms with Crippen LogP contribution in [0.1, 0.15) is 45.8 Å². The number of hydrogen-bond acceptors (Lipinski definition) is 4. The number of hydrogen-bond donors (Lipinski definition) is 1. The fraction of sp³-hybridized carbons (Fsp3) is 0.417. The minimum Gasteiger partial charge on any atom is -0.483 e. The topological polar surface area (TPSA) is 90.8 Å². The Morgan fingerprint density at radius 1 is 1.06 bits per heavy atom. The van der Waals surface area contributed by atoms with Crippen molar-refractivity contribution in [3.05, 3.63) is 64.5 Å². The Balaban J connectivity index is 0.000000858. The van der Waals surface area contributed by atoms with Gasteiger partial charge < -0.3 is 14.9 Å². The Morgan fingerprint density at radius 2 is 1.68 bits per heavy atom. The van der Waals surface area contributed by atoms with E-state index in [0.29, 0.717) is 24.6 Å². The lowest BCUT2D eigenvalue weighted by Crippen LogP contribution is -2.36. The highest BCUT2D eigenvalue weighted by Gasteiger charge is 2.49. The number of pyridine rings is 1. The van der Waals surface area contributed by atoms with Crippen molar-refractivity contribution in [1.82, 2.24) is 14.8 Å². The predicted octanol–water partition coefficient (Wildman–Crippen LogP) is 3.00. The van der Waals surface area contributed by atoms with Gasteiger partial charge in [0.15, 0.2) is 0 Å². The third kappa shape index (κ3) is 4.60. The first-order chi connectivity index (χ1) is 14.8. The molecule has 2 fully saturated rings. The van der Waals surface area contributed by atoms with Gasteiger partial charge >= 0.3 is 0 Å². The Labute approximate surface area is 182 Å². The lowest BCUT2D eigenvalue weighted by Gasteiger charge is -2.30. The average molecular weight is 424 g/mol. The molecule has 4 rings (SSSR count). The molecule has 3 heterocycles. The van der Waals surface area contributed by atoms with Gasteiger partial charge in [-0.1, -0.05) is 24.3 Å². The predicted molar refractivity (Wildman–Crippen MR) is 117 cm³/mol. The molecule has 164 valence electrons. The highest BCUT2D eigenvalue weighted by atomic mass is 16.3. The number of aryl methyl sites for hydroxylation is 3. The molecule has 7 nitrogen and oxygen atoms in total. The van der Waals surface area contributed by atoms with Gasteiger partial charge in [-0.05, 0) is 44.0 Å². The summed E-state index contributed by atoms with van der Waals surface area (Å²) in [5, 5.41) is 6.89. The summed E-state index contributed by atoms with van der Waals surface area (Å²) in [5.41, 5.74) is 4.84. The average Bonchev–Trinajstić information content (AvgIpc) is 3.26. The molecule has 0 aliphatic carbocycles. The van der Waals surface area contributed by atoms with E-state index >= 15 is 0 Å². The largest absolute Gasteiger partial charge is 0.483 e. The monoisotopic (exact) mass is 423 g/mol. The number of benzene rings is 1. The van der Waals surface area contributed by atoms with E-state index < -0.39 is 0 Å². The molecule has 0 bridgehead atoms. The van der Waals surface area contributed by atoms with Gasteiger partial charge in [0.1, 0.15) is 0 Å². The lowest BCUT2D eigenvalue weighted by molar-refractivity contribution is -0.130. The van der Waals surface area contributed by atoms with Crippen LogP contribution in [-0.2, 0) is 9.59 Å². The van der Waals surface area contributed by atoms with Crippen molar-refractivity contribution in [2.45, 2.75) is 33.7 Å². The SMILES string of the molecule is CC(=O)N1C[C@H]2CN(C(=O)c3cc(C)nc(C)c3)C[C@H]2[C@@H]1c1ccccc1C.O=CO. The molecule has 2 aliphatic heterocycles. The molecule has 2 amide bonds. The molecular weight excluding hydrogens is 394 g/mol. The zero-order valence-corrected chi connectivity index (χ0v) is 18.4. The second-order valence-electron chi connectivity index (χ2n) is 8.35. The normalized spacial score (nSPS) is 21.9. The third-order valence-electron chi connectivity index (χ3n) is 6.19. The zero-order valence-electron chi connectivity index (χ0n) is 18.4. The number of likely N-dealkylation sites (tertiary alicyclic amines) is 2. The van der Waals surface area contributed by atoms with Gasteiger partial charge in [-0.3, -0.25) is 19.4 Å². The van der Waals surface area contributed by atoms with Crippen LogP contribution in [0.25, 0.3) is 0 Å². The maximum Gasteiger partial charge on any atom is 0.290 e. The number of carboxylic acid groups (broad SMARTS) is 1. The van der Waals surface area contributed by atoms with E-state index in [1.807, 2.05) is 47.9 Å². The van der Waals surface area contributed by atoms with Crippen molar-refractivity contribution >= 4 is 18.3 Å². The second-order valence-corrected chi connectivity index (χ2v) is 8.35. The summed E-state index contributed by atoms with van der Waals surface area (Å²) in [6.07, 6.45) is 0. The van der Waals surface area contributed by atoms with E-state index in [9.17, 15) is 9.59 Å². The number of carbonyl (C=O) groups is 3. The smallest absolute Gasteiger partial charge is 0.290 e. The molecule has 2 aliphatic rings. The van der Waals surface area contributed by atoms with Gasteiger partial charge in [0.05, 0.1) is 6.04 Å². The van der Waals surface area contributed by atoms with Crippen molar-refractivity contribution in [3.8, 4) is 0 Å². The molecule has 1 aromatic carbocycles. The molecule has 7 heteroatoms. The van der Waals surface area contributed by atoms with Gasteiger partial charge in [0.2, 0.25) is 5.91 Å². The first kappa shape index (κ1) is 22.5. The zero-order chi connectivity index (χ0) is 22.7. The van der Waals surface area contributed by atoms with Crippen molar-refractivity contribution in [3.63, 3.8) is 0 Å². The van der Waals surface area contributed by atoms with Gasteiger partial charge in [-0.25, -0.2) is 0 Å². The van der Waals surface area contributed by atoms with E-state index in [0.717, 1.165) is 17.9 Å². The van der Waals surface area contributed by atoms with Crippen molar-refractivity contribution < 1.29 is 19.5 Å². The maximum atomic E-state index is 13.1. The van der Waals surface area contributed by atoms with Crippen LogP contribution in [0.5, 0.6) is 0 Å². The highest BCUT2D eigenvalue weighted by Crippen LogP contribution is 2.46. The minimum atomic E-state index is -0.250. The first-order valence-corrected chi connectivity index (χ1v) is 10.4. The van der Waals surface area contributed by atoms with Gasteiger partial charge in [0, 0.05) is 55.3 Å². The van der Waals surface area contributed by atoms with Crippen molar-refractivity contribution in [1.29, 1.82) is 0 Å². The summed E-state index contributed by atoms with van der Waals surface area (Å²) in [4.78, 5) is 42.2. The van der Waals surface area contributed by atoms with E-state index in [2.05, 4.69) is 24.0 Å². The molecule has 2 aromatic rings. The molecule has 0 spiro atoms. The number of fused-ring (bicyclic) bond motifs is 1. The second kappa shape index (κ2) is 9.29. The van der Waals surface area contributed by atoms with Crippen LogP contribution in [0, 0.1) is 32.6 Å². The standard InChI is InChI=1S/C23H27N3O2.CH2O2/c1-14-7-5-6-8-20(14)22-21-13-25(11-19(21)12-26(22)17(4)27)23(28)18-9-15(2)24-16(3)10-18;2-1-3/h5-10,19,21-22H,11-13H2,1-4H3;1H,(H,2,3)/t19-,21-,22+;/m1./s1. The molecule has 2 saturated heterocycles. The number of carbonyl (C=O) groups excluding carboxylic acids is 2. The third-order valence-corrected chi connectivity index (χ3v) is 6.19. The highest BCUT2D eigenvalue weighted by molar-refractivity contribution is 5.94. The number of nitrogens with zero attached hydrogens (tertiary/aromatic N) is 3. The van der Waals surface area contributed by atoms with Crippen molar-refractivity contribution in [2.24, 2.45) is 11.8 Å². The Morgan fingerprint density at radius 3 is 2.26 bits per heavy atom. The summed E-state index contributed by atoms with van der Waals surface area (Å²) in [6, 6.07) is 12.1. The Hall–Kier alpha value is -3.22. The van der Waals surface area contributed by atoms with E-state index in [1.54, 1.807) is 6.92 Å². The van der Waals surface area contributed by atoms with E-state index in [4.69, 9.17) is 9.90 Å². The number of aromatic nitrogens is 1. The lowest BCUT2D eigenvalue weighted by atomic mass is 9.87. The fourth-order valence-corrected chi connectivity index (χ4v) is 4.99. The van der Waals surface area contributed by atoms with Gasteiger partial charge in [0.25, 0.3) is 12.4 Å². The molecule has 0 radical (unpaired) electrons.